The molecule has 0 atom stereocenters. The number of hydrogen-bond acceptors (Lipinski definition) is 4. The van der Waals surface area contributed by atoms with Crippen LogP contribution >= 0.6 is 0 Å². The van der Waals surface area contributed by atoms with Gasteiger partial charge in [-0.05, 0) is 42.3 Å². The van der Waals surface area contributed by atoms with Crippen LogP contribution in [0.25, 0.3) is 16.5 Å². The van der Waals surface area contributed by atoms with Gasteiger partial charge in [0, 0.05) is 16.6 Å². The number of rotatable bonds is 4. The third-order valence-corrected chi connectivity index (χ3v) is 3.56. The SMILES string of the molecule is C=C(C(N)=O)c1ccc2c(Nc3cccc(C)c3)ncnc2c1. The smallest absolute Gasteiger partial charge is 0.248 e. The van der Waals surface area contributed by atoms with Gasteiger partial charge in [-0.25, -0.2) is 9.97 Å². The lowest BCUT2D eigenvalue weighted by atomic mass is 10.0. The monoisotopic (exact) mass is 304 g/mol. The van der Waals surface area contributed by atoms with E-state index in [0.717, 1.165) is 22.2 Å². The van der Waals surface area contributed by atoms with Crippen molar-refractivity contribution in [1.29, 1.82) is 0 Å². The Morgan fingerprint density at radius 1 is 1.17 bits per heavy atom. The molecular formula is C18H16N4O. The van der Waals surface area contributed by atoms with E-state index in [1.165, 1.54) is 6.33 Å². The third kappa shape index (κ3) is 3.03. The Balaban J connectivity index is 2.02. The molecule has 3 rings (SSSR count). The van der Waals surface area contributed by atoms with Crippen LogP contribution in [0.15, 0.2) is 55.4 Å². The summed E-state index contributed by atoms with van der Waals surface area (Å²) in [6.45, 7) is 5.73. The fourth-order valence-electron chi connectivity index (χ4n) is 2.35. The number of fused-ring (bicyclic) bond motifs is 1. The first kappa shape index (κ1) is 14.7. The number of aromatic nitrogens is 2. The molecule has 5 nitrogen and oxygen atoms in total. The lowest BCUT2D eigenvalue weighted by Gasteiger charge is -2.10. The van der Waals surface area contributed by atoms with Gasteiger partial charge in [0.25, 0.3) is 0 Å². The zero-order valence-corrected chi connectivity index (χ0v) is 12.7. The summed E-state index contributed by atoms with van der Waals surface area (Å²) >= 11 is 0. The molecule has 0 bridgehead atoms. The number of aryl methyl sites for hydroxylation is 1. The van der Waals surface area contributed by atoms with E-state index in [4.69, 9.17) is 5.73 Å². The number of anilines is 2. The van der Waals surface area contributed by atoms with Crippen LogP contribution in [-0.4, -0.2) is 15.9 Å². The summed E-state index contributed by atoms with van der Waals surface area (Å²) < 4.78 is 0. The first-order chi connectivity index (χ1) is 11.0. The molecule has 0 saturated carbocycles. The molecule has 0 aliphatic carbocycles. The van der Waals surface area contributed by atoms with Gasteiger partial charge >= 0.3 is 0 Å². The Bertz CT molecular complexity index is 918. The Morgan fingerprint density at radius 2 is 2.00 bits per heavy atom. The van der Waals surface area contributed by atoms with Gasteiger partial charge in [-0.15, -0.1) is 0 Å². The van der Waals surface area contributed by atoms with Crippen LogP contribution in [-0.2, 0) is 4.79 Å². The van der Waals surface area contributed by atoms with E-state index in [1.54, 1.807) is 12.1 Å². The molecule has 23 heavy (non-hydrogen) atoms. The van der Waals surface area contributed by atoms with Gasteiger partial charge in [0.05, 0.1) is 5.52 Å². The minimum atomic E-state index is -0.545. The maximum Gasteiger partial charge on any atom is 0.248 e. The highest BCUT2D eigenvalue weighted by atomic mass is 16.1. The largest absolute Gasteiger partial charge is 0.366 e. The standard InChI is InChI=1S/C18H16N4O/c1-11-4-3-5-14(8-11)22-18-15-7-6-13(12(2)17(19)23)9-16(15)20-10-21-18/h3-10H,2H2,1H3,(H2,19,23)(H,20,21,22). The highest BCUT2D eigenvalue weighted by Gasteiger charge is 2.09. The zero-order valence-electron chi connectivity index (χ0n) is 12.7. The van der Waals surface area contributed by atoms with Crippen LogP contribution in [0, 0.1) is 6.92 Å². The van der Waals surface area contributed by atoms with Crippen molar-refractivity contribution in [1.82, 2.24) is 9.97 Å². The molecule has 0 aliphatic rings. The number of primary amides is 1. The molecule has 0 saturated heterocycles. The number of hydrogen-bond donors (Lipinski definition) is 2. The fourth-order valence-corrected chi connectivity index (χ4v) is 2.35. The van der Waals surface area contributed by atoms with Gasteiger partial charge in [-0.1, -0.05) is 24.8 Å². The summed E-state index contributed by atoms with van der Waals surface area (Å²) in [5, 5.41) is 4.15. The van der Waals surface area contributed by atoms with E-state index in [1.807, 2.05) is 37.3 Å². The van der Waals surface area contributed by atoms with Crippen molar-refractivity contribution in [2.45, 2.75) is 6.92 Å². The molecule has 0 fully saturated rings. The second-order valence-electron chi connectivity index (χ2n) is 5.29. The van der Waals surface area contributed by atoms with E-state index in [9.17, 15) is 4.79 Å². The molecule has 3 aromatic rings. The molecule has 0 spiro atoms. The van der Waals surface area contributed by atoms with Gasteiger partial charge in [0.15, 0.2) is 0 Å². The lowest BCUT2D eigenvalue weighted by molar-refractivity contribution is -0.112. The normalized spacial score (nSPS) is 10.5. The molecule has 0 radical (unpaired) electrons. The third-order valence-electron chi connectivity index (χ3n) is 3.56. The van der Waals surface area contributed by atoms with Gasteiger partial charge in [0.1, 0.15) is 12.1 Å². The van der Waals surface area contributed by atoms with Crippen molar-refractivity contribution in [3.05, 3.63) is 66.5 Å². The van der Waals surface area contributed by atoms with Crippen molar-refractivity contribution >= 4 is 33.9 Å². The van der Waals surface area contributed by atoms with Crippen LogP contribution in [0.3, 0.4) is 0 Å². The van der Waals surface area contributed by atoms with Crippen molar-refractivity contribution in [2.24, 2.45) is 5.73 Å². The summed E-state index contributed by atoms with van der Waals surface area (Å²) in [5.74, 6) is 0.161. The highest BCUT2D eigenvalue weighted by Crippen LogP contribution is 2.25. The topological polar surface area (TPSA) is 80.9 Å². The average Bonchev–Trinajstić information content (AvgIpc) is 2.54. The average molecular weight is 304 g/mol. The van der Waals surface area contributed by atoms with E-state index < -0.39 is 5.91 Å². The van der Waals surface area contributed by atoms with Crippen molar-refractivity contribution in [2.75, 3.05) is 5.32 Å². The Labute approximate surface area is 133 Å². The predicted octanol–water partition coefficient (Wildman–Crippen LogP) is 3.18. The van der Waals surface area contributed by atoms with E-state index >= 15 is 0 Å². The number of amides is 1. The van der Waals surface area contributed by atoms with Gasteiger partial charge in [-0.2, -0.15) is 0 Å². The van der Waals surface area contributed by atoms with Gasteiger partial charge < -0.3 is 11.1 Å². The lowest BCUT2D eigenvalue weighted by Crippen LogP contribution is -2.11. The highest BCUT2D eigenvalue weighted by molar-refractivity contribution is 6.18. The van der Waals surface area contributed by atoms with E-state index in [2.05, 4.69) is 21.9 Å². The molecule has 0 unspecified atom stereocenters. The van der Waals surface area contributed by atoms with Gasteiger partial charge in [-0.3, -0.25) is 4.79 Å². The minimum absolute atomic E-state index is 0.263. The molecule has 1 aromatic heterocycles. The molecular weight excluding hydrogens is 288 g/mol. The first-order valence-corrected chi connectivity index (χ1v) is 7.12. The summed E-state index contributed by atoms with van der Waals surface area (Å²) in [6, 6.07) is 13.5. The fraction of sp³-hybridized carbons (Fsp3) is 0.0556. The summed E-state index contributed by atoms with van der Waals surface area (Å²) in [6.07, 6.45) is 1.48. The maximum atomic E-state index is 11.3. The van der Waals surface area contributed by atoms with E-state index in [-0.39, 0.29) is 5.57 Å². The predicted molar refractivity (Wildman–Crippen MR) is 92.2 cm³/mol. The van der Waals surface area contributed by atoms with Crippen molar-refractivity contribution in [3.63, 3.8) is 0 Å². The summed E-state index contributed by atoms with van der Waals surface area (Å²) in [4.78, 5) is 19.8. The van der Waals surface area contributed by atoms with Crippen LogP contribution in [0.5, 0.6) is 0 Å². The summed E-state index contributed by atoms with van der Waals surface area (Å²) in [5.41, 5.74) is 9.03. The number of benzene rings is 2. The second-order valence-corrected chi connectivity index (χ2v) is 5.29. The number of carbonyl (C=O) groups excluding carboxylic acids is 1. The summed E-state index contributed by atoms with van der Waals surface area (Å²) in [7, 11) is 0. The number of nitrogens with zero attached hydrogens (tertiary/aromatic N) is 2. The number of carbonyl (C=O) groups is 1. The van der Waals surface area contributed by atoms with Gasteiger partial charge in [0.2, 0.25) is 5.91 Å². The van der Waals surface area contributed by atoms with Crippen LogP contribution in [0.2, 0.25) is 0 Å². The van der Waals surface area contributed by atoms with Crippen LogP contribution < -0.4 is 11.1 Å². The second kappa shape index (κ2) is 5.88. The Kier molecular flexibility index (Phi) is 3.76. The van der Waals surface area contributed by atoms with Crippen molar-refractivity contribution < 1.29 is 4.79 Å². The Hall–Kier alpha value is -3.21. The number of nitrogens with two attached hydrogens (primary N) is 1. The maximum absolute atomic E-state index is 11.3. The molecule has 114 valence electrons. The van der Waals surface area contributed by atoms with Crippen LogP contribution in [0.1, 0.15) is 11.1 Å². The van der Waals surface area contributed by atoms with Crippen LogP contribution in [0.4, 0.5) is 11.5 Å². The zero-order chi connectivity index (χ0) is 16.4. The quantitative estimate of drug-likeness (QED) is 0.725. The molecule has 1 amide bonds. The molecule has 3 N–H and O–H groups in total. The molecule has 2 aromatic carbocycles. The van der Waals surface area contributed by atoms with Crippen molar-refractivity contribution in [3.8, 4) is 0 Å². The first-order valence-electron chi connectivity index (χ1n) is 7.12. The van der Waals surface area contributed by atoms with E-state index in [0.29, 0.717) is 11.4 Å². The number of nitrogens with one attached hydrogen (secondary N) is 1. The molecule has 0 aliphatic heterocycles. The Morgan fingerprint density at radius 3 is 2.74 bits per heavy atom. The molecule has 1 heterocycles. The minimum Gasteiger partial charge on any atom is -0.366 e. The molecule has 5 heteroatoms.